The number of nitrogens with zero attached hydrogens (tertiary/aromatic N) is 2. The SMILES string of the molecule is CCOC1(C(Cc2c(Cl)c(C)nn2C)NC)CCCC1. The first-order chi connectivity index (χ1) is 9.54. The van der Waals surface area contributed by atoms with E-state index in [-0.39, 0.29) is 11.6 Å². The number of hydrogen-bond donors (Lipinski definition) is 1. The van der Waals surface area contributed by atoms with Crippen LogP contribution in [0.1, 0.15) is 44.0 Å². The van der Waals surface area contributed by atoms with Crippen molar-refractivity contribution >= 4 is 11.6 Å². The summed E-state index contributed by atoms with van der Waals surface area (Å²) in [5.41, 5.74) is 1.94. The Hall–Kier alpha value is -0.580. The molecule has 5 heteroatoms. The van der Waals surface area contributed by atoms with Gasteiger partial charge < -0.3 is 10.1 Å². The first-order valence-corrected chi connectivity index (χ1v) is 7.91. The van der Waals surface area contributed by atoms with E-state index < -0.39 is 0 Å². The number of nitrogens with one attached hydrogen (secondary N) is 1. The molecule has 1 heterocycles. The summed E-state index contributed by atoms with van der Waals surface area (Å²) in [6, 6.07) is 0.275. The maximum atomic E-state index is 6.39. The lowest BCUT2D eigenvalue weighted by molar-refractivity contribution is -0.0600. The van der Waals surface area contributed by atoms with Crippen molar-refractivity contribution in [3.8, 4) is 0 Å². The molecule has 1 aromatic heterocycles. The molecular weight excluding hydrogens is 274 g/mol. The van der Waals surface area contributed by atoms with E-state index in [4.69, 9.17) is 16.3 Å². The van der Waals surface area contributed by atoms with Crippen molar-refractivity contribution in [2.45, 2.75) is 57.6 Å². The van der Waals surface area contributed by atoms with E-state index in [0.29, 0.717) is 0 Å². The van der Waals surface area contributed by atoms with Crippen LogP contribution in [0.2, 0.25) is 5.02 Å². The van der Waals surface area contributed by atoms with E-state index >= 15 is 0 Å². The Morgan fingerprint density at radius 2 is 2.10 bits per heavy atom. The summed E-state index contributed by atoms with van der Waals surface area (Å²) in [5, 5.41) is 8.66. The Balaban J connectivity index is 2.23. The Morgan fingerprint density at radius 1 is 1.45 bits per heavy atom. The average molecular weight is 300 g/mol. The Labute approximate surface area is 126 Å². The van der Waals surface area contributed by atoms with Crippen LogP contribution in [0.4, 0.5) is 0 Å². The number of hydrogen-bond acceptors (Lipinski definition) is 3. The predicted molar refractivity (Wildman–Crippen MR) is 82.3 cm³/mol. The maximum absolute atomic E-state index is 6.39. The summed E-state index contributed by atoms with van der Waals surface area (Å²) < 4.78 is 8.07. The van der Waals surface area contributed by atoms with Crippen LogP contribution >= 0.6 is 11.6 Å². The van der Waals surface area contributed by atoms with Crippen LogP contribution in [0.15, 0.2) is 0 Å². The molecule has 1 unspecified atom stereocenters. The molecule has 114 valence electrons. The van der Waals surface area contributed by atoms with Crippen LogP contribution in [0, 0.1) is 6.92 Å². The number of likely N-dealkylation sites (N-methyl/N-ethyl adjacent to an activating group) is 1. The molecule has 1 aliphatic rings. The lowest BCUT2D eigenvalue weighted by atomic mass is 9.88. The molecule has 0 aromatic carbocycles. The fourth-order valence-corrected chi connectivity index (χ4v) is 3.74. The summed E-state index contributed by atoms with van der Waals surface area (Å²) in [7, 11) is 3.98. The molecular formula is C15H26ClN3O. The highest BCUT2D eigenvalue weighted by atomic mass is 35.5. The molecule has 0 aliphatic heterocycles. The number of aryl methyl sites for hydroxylation is 2. The molecule has 1 atom stereocenters. The van der Waals surface area contributed by atoms with Gasteiger partial charge in [-0.05, 0) is 33.7 Å². The van der Waals surface area contributed by atoms with E-state index in [1.54, 1.807) is 0 Å². The molecule has 1 aromatic rings. The lowest BCUT2D eigenvalue weighted by Crippen LogP contribution is -2.51. The van der Waals surface area contributed by atoms with Gasteiger partial charge >= 0.3 is 0 Å². The van der Waals surface area contributed by atoms with Gasteiger partial charge in [-0.25, -0.2) is 0 Å². The second-order valence-corrected chi connectivity index (χ2v) is 6.10. The zero-order valence-corrected chi connectivity index (χ0v) is 13.8. The van der Waals surface area contributed by atoms with Gasteiger partial charge in [0.15, 0.2) is 0 Å². The average Bonchev–Trinajstić information content (AvgIpc) is 2.96. The third kappa shape index (κ3) is 2.87. The number of ether oxygens (including phenoxy) is 1. The molecule has 20 heavy (non-hydrogen) atoms. The van der Waals surface area contributed by atoms with Gasteiger partial charge in [-0.2, -0.15) is 5.10 Å². The molecule has 1 saturated carbocycles. The number of rotatable bonds is 6. The smallest absolute Gasteiger partial charge is 0.0847 e. The van der Waals surface area contributed by atoms with Crippen LogP contribution in [0.25, 0.3) is 0 Å². The highest BCUT2D eigenvalue weighted by Crippen LogP contribution is 2.38. The maximum Gasteiger partial charge on any atom is 0.0847 e. The Kier molecular flexibility index (Phi) is 5.10. The van der Waals surface area contributed by atoms with Gasteiger partial charge in [0.1, 0.15) is 0 Å². The van der Waals surface area contributed by atoms with E-state index in [1.165, 1.54) is 12.8 Å². The first-order valence-electron chi connectivity index (χ1n) is 7.53. The molecule has 4 nitrogen and oxygen atoms in total. The van der Waals surface area contributed by atoms with Gasteiger partial charge in [-0.1, -0.05) is 24.4 Å². The van der Waals surface area contributed by atoms with Gasteiger partial charge in [0, 0.05) is 26.1 Å². The Morgan fingerprint density at radius 3 is 2.55 bits per heavy atom. The fraction of sp³-hybridized carbons (Fsp3) is 0.800. The van der Waals surface area contributed by atoms with Gasteiger partial charge in [-0.15, -0.1) is 0 Å². The summed E-state index contributed by atoms with van der Waals surface area (Å²) in [4.78, 5) is 0. The van der Waals surface area contributed by atoms with Crippen molar-refractivity contribution < 1.29 is 4.74 Å². The molecule has 1 fully saturated rings. The molecule has 2 rings (SSSR count). The quantitative estimate of drug-likeness (QED) is 0.878. The minimum absolute atomic E-state index is 0.0506. The van der Waals surface area contributed by atoms with Crippen molar-refractivity contribution in [1.82, 2.24) is 15.1 Å². The van der Waals surface area contributed by atoms with E-state index in [0.717, 1.165) is 42.3 Å². The number of halogens is 1. The summed E-state index contributed by atoms with van der Waals surface area (Å²) in [5.74, 6) is 0. The largest absolute Gasteiger partial charge is 0.374 e. The van der Waals surface area contributed by atoms with Crippen LogP contribution in [-0.4, -0.2) is 35.1 Å². The van der Waals surface area contributed by atoms with Gasteiger partial charge in [-0.3, -0.25) is 4.68 Å². The number of aromatic nitrogens is 2. The second kappa shape index (κ2) is 6.46. The third-order valence-electron chi connectivity index (χ3n) is 4.52. The third-order valence-corrected chi connectivity index (χ3v) is 5.02. The summed E-state index contributed by atoms with van der Waals surface area (Å²) in [6.45, 7) is 4.79. The van der Waals surface area contributed by atoms with Gasteiger partial charge in [0.05, 0.1) is 22.0 Å². The van der Waals surface area contributed by atoms with Gasteiger partial charge in [0.2, 0.25) is 0 Å². The Bertz CT molecular complexity index is 452. The topological polar surface area (TPSA) is 39.1 Å². The molecule has 0 saturated heterocycles. The second-order valence-electron chi connectivity index (χ2n) is 5.72. The zero-order chi connectivity index (χ0) is 14.8. The van der Waals surface area contributed by atoms with E-state index in [2.05, 4.69) is 17.3 Å². The standard InChI is InChI=1S/C15H26ClN3O/c1-5-20-15(8-6-7-9-15)13(17-3)10-12-14(16)11(2)18-19(12)4/h13,17H,5-10H2,1-4H3. The van der Waals surface area contributed by atoms with Crippen molar-refractivity contribution in [3.63, 3.8) is 0 Å². The molecule has 0 amide bonds. The van der Waals surface area contributed by atoms with Crippen molar-refractivity contribution in [2.24, 2.45) is 7.05 Å². The molecule has 1 N–H and O–H groups in total. The summed E-state index contributed by atoms with van der Waals surface area (Å²) in [6.07, 6.45) is 5.60. The van der Waals surface area contributed by atoms with Crippen LogP contribution in [-0.2, 0) is 18.2 Å². The summed E-state index contributed by atoms with van der Waals surface area (Å²) >= 11 is 6.39. The van der Waals surface area contributed by atoms with E-state index in [9.17, 15) is 0 Å². The normalized spacial score (nSPS) is 19.4. The minimum Gasteiger partial charge on any atom is -0.374 e. The lowest BCUT2D eigenvalue weighted by Gasteiger charge is -2.37. The van der Waals surface area contributed by atoms with E-state index in [1.807, 2.05) is 25.7 Å². The fourth-order valence-electron chi connectivity index (χ4n) is 3.50. The minimum atomic E-state index is -0.0506. The van der Waals surface area contributed by atoms with Crippen molar-refractivity contribution in [3.05, 3.63) is 16.4 Å². The molecule has 1 aliphatic carbocycles. The van der Waals surface area contributed by atoms with Crippen molar-refractivity contribution in [1.29, 1.82) is 0 Å². The first kappa shape index (κ1) is 15.8. The zero-order valence-electron chi connectivity index (χ0n) is 13.0. The predicted octanol–water partition coefficient (Wildman–Crippen LogP) is 2.86. The highest BCUT2D eigenvalue weighted by Gasteiger charge is 2.42. The van der Waals surface area contributed by atoms with Crippen molar-refractivity contribution in [2.75, 3.05) is 13.7 Å². The van der Waals surface area contributed by atoms with Crippen LogP contribution < -0.4 is 5.32 Å². The van der Waals surface area contributed by atoms with Crippen LogP contribution in [0.3, 0.4) is 0 Å². The molecule has 0 spiro atoms. The highest BCUT2D eigenvalue weighted by molar-refractivity contribution is 6.31. The van der Waals surface area contributed by atoms with Crippen LogP contribution in [0.5, 0.6) is 0 Å². The molecule has 0 radical (unpaired) electrons. The van der Waals surface area contributed by atoms with Gasteiger partial charge in [0.25, 0.3) is 0 Å². The molecule has 0 bridgehead atoms. The monoisotopic (exact) mass is 299 g/mol.